The molecule has 0 bridgehead atoms. The SMILES string of the molecule is CCCCCCCC/C=C\CCCCCC(=O)OCC(COC(=O)CCCCCCCCCCC)OC(=O)CCCCC/C=C\CCCCCCCC. The number of hydrogen-bond acceptors (Lipinski definition) is 6. The molecular formula is C47H86O6. The van der Waals surface area contributed by atoms with E-state index in [9.17, 15) is 14.4 Å². The van der Waals surface area contributed by atoms with E-state index in [1.54, 1.807) is 0 Å². The summed E-state index contributed by atoms with van der Waals surface area (Å²) in [6.07, 6.45) is 45.9. The van der Waals surface area contributed by atoms with Crippen LogP contribution in [0.2, 0.25) is 0 Å². The Morgan fingerprint density at radius 1 is 0.358 bits per heavy atom. The third-order valence-electron chi connectivity index (χ3n) is 9.93. The summed E-state index contributed by atoms with van der Waals surface area (Å²) in [6.45, 7) is 6.57. The first kappa shape index (κ1) is 50.9. The molecule has 0 radical (unpaired) electrons. The van der Waals surface area contributed by atoms with E-state index >= 15 is 0 Å². The van der Waals surface area contributed by atoms with E-state index in [1.807, 2.05) is 0 Å². The molecular weight excluding hydrogens is 661 g/mol. The average Bonchev–Trinajstić information content (AvgIpc) is 3.15. The lowest BCUT2D eigenvalue weighted by molar-refractivity contribution is -0.167. The van der Waals surface area contributed by atoms with E-state index in [-0.39, 0.29) is 31.1 Å². The first-order valence-corrected chi connectivity index (χ1v) is 22.8. The van der Waals surface area contributed by atoms with Crippen molar-refractivity contribution in [3.05, 3.63) is 24.3 Å². The van der Waals surface area contributed by atoms with Crippen molar-refractivity contribution in [1.82, 2.24) is 0 Å². The number of hydrogen-bond donors (Lipinski definition) is 0. The maximum atomic E-state index is 12.7. The zero-order valence-electron chi connectivity index (χ0n) is 35.3. The van der Waals surface area contributed by atoms with Gasteiger partial charge in [0.2, 0.25) is 0 Å². The van der Waals surface area contributed by atoms with E-state index in [1.165, 1.54) is 116 Å². The first-order chi connectivity index (χ1) is 26.0. The van der Waals surface area contributed by atoms with Crippen molar-refractivity contribution < 1.29 is 28.6 Å². The molecule has 1 unspecified atom stereocenters. The monoisotopic (exact) mass is 747 g/mol. The summed E-state index contributed by atoms with van der Waals surface area (Å²) in [5.74, 6) is -0.912. The van der Waals surface area contributed by atoms with Crippen molar-refractivity contribution in [2.45, 2.75) is 245 Å². The summed E-state index contributed by atoms with van der Waals surface area (Å²) in [4.78, 5) is 37.6. The number of carbonyl (C=O) groups is 3. The van der Waals surface area contributed by atoms with Gasteiger partial charge < -0.3 is 14.2 Å². The molecule has 0 rings (SSSR count). The van der Waals surface area contributed by atoms with Crippen LogP contribution in [0.4, 0.5) is 0 Å². The van der Waals surface area contributed by atoms with E-state index in [0.717, 1.165) is 83.5 Å². The van der Waals surface area contributed by atoms with Gasteiger partial charge in [-0.05, 0) is 70.6 Å². The minimum absolute atomic E-state index is 0.0796. The smallest absolute Gasteiger partial charge is 0.306 e. The summed E-state index contributed by atoms with van der Waals surface area (Å²) < 4.78 is 16.7. The zero-order chi connectivity index (χ0) is 38.7. The molecule has 0 aliphatic heterocycles. The van der Waals surface area contributed by atoms with Crippen molar-refractivity contribution in [2.24, 2.45) is 0 Å². The van der Waals surface area contributed by atoms with Crippen molar-refractivity contribution in [1.29, 1.82) is 0 Å². The van der Waals surface area contributed by atoms with Gasteiger partial charge in [0.05, 0.1) is 0 Å². The fraction of sp³-hybridized carbons (Fsp3) is 0.851. The number of rotatable bonds is 41. The third kappa shape index (κ3) is 40.9. The summed E-state index contributed by atoms with van der Waals surface area (Å²) in [7, 11) is 0. The molecule has 6 heteroatoms. The first-order valence-electron chi connectivity index (χ1n) is 22.8. The van der Waals surface area contributed by atoms with Crippen LogP contribution in [0.5, 0.6) is 0 Å². The Labute approximate surface area is 328 Å². The van der Waals surface area contributed by atoms with Gasteiger partial charge >= 0.3 is 17.9 Å². The van der Waals surface area contributed by atoms with Crippen molar-refractivity contribution in [3.63, 3.8) is 0 Å². The van der Waals surface area contributed by atoms with Gasteiger partial charge in [0.15, 0.2) is 6.10 Å². The highest BCUT2D eigenvalue weighted by Gasteiger charge is 2.19. The Morgan fingerprint density at radius 2 is 0.623 bits per heavy atom. The van der Waals surface area contributed by atoms with Gasteiger partial charge in [-0.25, -0.2) is 0 Å². The Hall–Kier alpha value is -2.11. The number of esters is 3. The van der Waals surface area contributed by atoms with Crippen LogP contribution in [-0.4, -0.2) is 37.2 Å². The molecule has 0 aromatic heterocycles. The zero-order valence-corrected chi connectivity index (χ0v) is 35.3. The van der Waals surface area contributed by atoms with Gasteiger partial charge in [0.25, 0.3) is 0 Å². The van der Waals surface area contributed by atoms with E-state index < -0.39 is 6.10 Å². The second-order valence-corrected chi connectivity index (χ2v) is 15.3. The highest BCUT2D eigenvalue weighted by molar-refractivity contribution is 5.71. The molecule has 0 aromatic rings. The number of carbonyl (C=O) groups excluding carboxylic acids is 3. The lowest BCUT2D eigenvalue weighted by Crippen LogP contribution is -2.30. The number of ether oxygens (including phenoxy) is 3. The molecule has 0 saturated heterocycles. The van der Waals surface area contributed by atoms with E-state index in [0.29, 0.717) is 19.3 Å². The van der Waals surface area contributed by atoms with Crippen LogP contribution in [0.1, 0.15) is 239 Å². The standard InChI is InChI=1S/C47H86O6/c1-4-7-10-13-16-19-21-23-25-28-31-34-37-40-46(49)52-43-44(42-51-45(48)39-36-33-30-27-18-15-12-9-6-3)53-47(50)41-38-35-32-29-26-24-22-20-17-14-11-8-5-2/h23-26,44H,4-22,27-43H2,1-3H3/b25-23-,26-24-. The molecule has 53 heavy (non-hydrogen) atoms. The van der Waals surface area contributed by atoms with Crippen molar-refractivity contribution >= 4 is 17.9 Å². The fourth-order valence-corrected chi connectivity index (χ4v) is 6.43. The van der Waals surface area contributed by atoms with Crippen molar-refractivity contribution in [3.8, 4) is 0 Å². The van der Waals surface area contributed by atoms with Crippen LogP contribution in [-0.2, 0) is 28.6 Å². The average molecular weight is 747 g/mol. The van der Waals surface area contributed by atoms with E-state index in [2.05, 4.69) is 45.1 Å². The molecule has 0 aliphatic carbocycles. The molecule has 0 saturated carbocycles. The lowest BCUT2D eigenvalue weighted by atomic mass is 10.1. The Bertz CT molecular complexity index is 865. The van der Waals surface area contributed by atoms with Crippen LogP contribution in [0.25, 0.3) is 0 Å². The molecule has 0 aromatic carbocycles. The van der Waals surface area contributed by atoms with Gasteiger partial charge in [-0.1, -0.05) is 173 Å². The van der Waals surface area contributed by atoms with Gasteiger partial charge in [-0.15, -0.1) is 0 Å². The predicted molar refractivity (Wildman–Crippen MR) is 224 cm³/mol. The second-order valence-electron chi connectivity index (χ2n) is 15.3. The molecule has 0 N–H and O–H groups in total. The van der Waals surface area contributed by atoms with Gasteiger partial charge in [-0.2, -0.15) is 0 Å². The quantitative estimate of drug-likeness (QED) is 0.0268. The van der Waals surface area contributed by atoms with Crippen LogP contribution in [0.3, 0.4) is 0 Å². The van der Waals surface area contributed by atoms with Gasteiger partial charge in [0, 0.05) is 19.3 Å². The minimum atomic E-state index is -0.778. The fourth-order valence-electron chi connectivity index (χ4n) is 6.43. The minimum Gasteiger partial charge on any atom is -0.462 e. The van der Waals surface area contributed by atoms with Crippen LogP contribution < -0.4 is 0 Å². The van der Waals surface area contributed by atoms with Crippen LogP contribution in [0.15, 0.2) is 24.3 Å². The molecule has 1 atom stereocenters. The number of allylic oxidation sites excluding steroid dienone is 4. The van der Waals surface area contributed by atoms with Gasteiger partial charge in [-0.3, -0.25) is 14.4 Å². The van der Waals surface area contributed by atoms with Crippen LogP contribution >= 0.6 is 0 Å². The highest BCUT2D eigenvalue weighted by atomic mass is 16.6. The van der Waals surface area contributed by atoms with Crippen molar-refractivity contribution in [2.75, 3.05) is 13.2 Å². The Morgan fingerprint density at radius 3 is 0.962 bits per heavy atom. The van der Waals surface area contributed by atoms with Gasteiger partial charge in [0.1, 0.15) is 13.2 Å². The predicted octanol–water partition coefficient (Wildman–Crippen LogP) is 14.4. The molecule has 0 spiro atoms. The molecule has 0 fully saturated rings. The highest BCUT2D eigenvalue weighted by Crippen LogP contribution is 2.13. The molecule has 310 valence electrons. The van der Waals surface area contributed by atoms with Crippen LogP contribution in [0, 0.1) is 0 Å². The summed E-state index contributed by atoms with van der Waals surface area (Å²) in [5, 5.41) is 0. The largest absolute Gasteiger partial charge is 0.462 e. The maximum absolute atomic E-state index is 12.7. The summed E-state index contributed by atoms with van der Waals surface area (Å²) in [5.41, 5.74) is 0. The lowest BCUT2D eigenvalue weighted by Gasteiger charge is -2.18. The summed E-state index contributed by atoms with van der Waals surface area (Å²) >= 11 is 0. The normalized spacial score (nSPS) is 12.1. The summed E-state index contributed by atoms with van der Waals surface area (Å²) in [6, 6.07) is 0. The molecule has 6 nitrogen and oxygen atoms in total. The molecule has 0 aliphatic rings. The maximum Gasteiger partial charge on any atom is 0.306 e. The van der Waals surface area contributed by atoms with E-state index in [4.69, 9.17) is 14.2 Å². The molecule has 0 amide bonds. The Balaban J connectivity index is 4.39. The number of unbranched alkanes of at least 4 members (excludes halogenated alkanes) is 26. The second kappa shape index (κ2) is 42.6. The Kier molecular flexibility index (Phi) is 40.9. The third-order valence-corrected chi connectivity index (χ3v) is 9.93. The molecule has 0 heterocycles. The topological polar surface area (TPSA) is 78.9 Å².